The first-order valence-corrected chi connectivity index (χ1v) is 6.34. The molecule has 0 atom stereocenters. The van der Waals surface area contributed by atoms with Crippen LogP contribution in [0.2, 0.25) is 0 Å². The summed E-state index contributed by atoms with van der Waals surface area (Å²) in [6.07, 6.45) is 5.50. The van der Waals surface area contributed by atoms with Crippen LogP contribution in [0, 0.1) is 5.41 Å². The minimum Gasteiger partial charge on any atom is -0.478 e. The van der Waals surface area contributed by atoms with E-state index in [1.54, 1.807) is 4.57 Å². The molecule has 1 aliphatic carbocycles. The van der Waals surface area contributed by atoms with Gasteiger partial charge in [0.05, 0.1) is 5.56 Å². The van der Waals surface area contributed by atoms with E-state index in [1.165, 1.54) is 18.3 Å². The largest absolute Gasteiger partial charge is 0.478 e. The molecule has 1 aromatic heterocycles. The third kappa shape index (κ3) is 2.63. The Kier molecular flexibility index (Phi) is 3.28. The van der Waals surface area contributed by atoms with Gasteiger partial charge in [-0.2, -0.15) is 0 Å². The van der Waals surface area contributed by atoms with Crippen LogP contribution >= 0.6 is 0 Å². The SMILES string of the molecule is CC1(C)CCC(n2cc(C(=O)O)ccc2=O)CC1. The van der Waals surface area contributed by atoms with Crippen LogP contribution in [0.5, 0.6) is 0 Å². The van der Waals surface area contributed by atoms with Crippen molar-refractivity contribution in [3.63, 3.8) is 0 Å². The molecule has 0 saturated heterocycles. The highest BCUT2D eigenvalue weighted by molar-refractivity contribution is 5.87. The zero-order valence-corrected chi connectivity index (χ0v) is 10.8. The molecule has 1 aliphatic rings. The van der Waals surface area contributed by atoms with Crippen LogP contribution in [0.25, 0.3) is 0 Å². The summed E-state index contributed by atoms with van der Waals surface area (Å²) in [7, 11) is 0. The van der Waals surface area contributed by atoms with Crippen LogP contribution in [-0.4, -0.2) is 15.6 Å². The fourth-order valence-corrected chi connectivity index (χ4v) is 2.58. The Labute approximate surface area is 106 Å². The van der Waals surface area contributed by atoms with Crippen molar-refractivity contribution in [3.05, 3.63) is 34.2 Å². The fraction of sp³-hybridized carbons (Fsp3) is 0.571. The number of carboxylic acid groups (broad SMARTS) is 1. The normalized spacial score (nSPS) is 19.7. The van der Waals surface area contributed by atoms with Gasteiger partial charge in [0.15, 0.2) is 0 Å². The van der Waals surface area contributed by atoms with Crippen molar-refractivity contribution in [3.8, 4) is 0 Å². The van der Waals surface area contributed by atoms with E-state index in [0.717, 1.165) is 25.7 Å². The number of hydrogen-bond acceptors (Lipinski definition) is 2. The Balaban J connectivity index is 2.26. The molecule has 0 amide bonds. The summed E-state index contributed by atoms with van der Waals surface area (Å²) in [5, 5.41) is 8.97. The zero-order chi connectivity index (χ0) is 13.3. The Morgan fingerprint density at radius 3 is 2.50 bits per heavy atom. The summed E-state index contributed by atoms with van der Waals surface area (Å²) in [6, 6.07) is 2.86. The van der Waals surface area contributed by atoms with Gasteiger partial charge in [-0.25, -0.2) is 4.79 Å². The monoisotopic (exact) mass is 249 g/mol. The van der Waals surface area contributed by atoms with E-state index < -0.39 is 5.97 Å². The molecule has 4 heteroatoms. The van der Waals surface area contributed by atoms with Gasteiger partial charge in [-0.15, -0.1) is 0 Å². The van der Waals surface area contributed by atoms with Crippen molar-refractivity contribution in [1.82, 2.24) is 4.57 Å². The molecule has 1 N–H and O–H groups in total. The van der Waals surface area contributed by atoms with Gasteiger partial charge >= 0.3 is 5.97 Å². The van der Waals surface area contributed by atoms with Gasteiger partial charge in [0.1, 0.15) is 0 Å². The smallest absolute Gasteiger partial charge is 0.337 e. The molecule has 2 rings (SSSR count). The van der Waals surface area contributed by atoms with Crippen LogP contribution in [0.15, 0.2) is 23.1 Å². The molecule has 1 saturated carbocycles. The average molecular weight is 249 g/mol. The van der Waals surface area contributed by atoms with E-state index in [9.17, 15) is 9.59 Å². The second-order valence-electron chi connectivity index (χ2n) is 5.86. The number of carboxylic acids is 1. The predicted octanol–water partition coefficient (Wildman–Crippen LogP) is 2.69. The second kappa shape index (κ2) is 4.59. The maximum absolute atomic E-state index is 11.8. The summed E-state index contributed by atoms with van der Waals surface area (Å²) in [4.78, 5) is 22.8. The van der Waals surface area contributed by atoms with Gasteiger partial charge < -0.3 is 9.67 Å². The lowest BCUT2D eigenvalue weighted by Gasteiger charge is -2.35. The molecule has 98 valence electrons. The van der Waals surface area contributed by atoms with Crippen LogP contribution in [0.4, 0.5) is 0 Å². The van der Waals surface area contributed by atoms with Gasteiger partial charge in [-0.05, 0) is 37.2 Å². The van der Waals surface area contributed by atoms with Crippen LogP contribution in [0.1, 0.15) is 55.9 Å². The molecule has 0 spiro atoms. The lowest BCUT2D eigenvalue weighted by molar-refractivity contribution is 0.0695. The van der Waals surface area contributed by atoms with Gasteiger partial charge in [-0.3, -0.25) is 4.79 Å². The van der Waals surface area contributed by atoms with Crippen LogP contribution in [0.3, 0.4) is 0 Å². The number of hydrogen-bond donors (Lipinski definition) is 1. The van der Waals surface area contributed by atoms with Crippen molar-refractivity contribution in [2.75, 3.05) is 0 Å². The van der Waals surface area contributed by atoms with E-state index in [-0.39, 0.29) is 17.2 Å². The molecule has 1 heterocycles. The standard InChI is InChI=1S/C14H19NO3/c1-14(2)7-5-11(6-8-14)15-9-10(13(17)18)3-4-12(15)16/h3-4,9,11H,5-8H2,1-2H3,(H,17,18). The Bertz CT molecular complexity index is 506. The number of aromatic carboxylic acids is 1. The summed E-state index contributed by atoms with van der Waals surface area (Å²) in [5.74, 6) is -0.986. The maximum Gasteiger partial charge on any atom is 0.337 e. The van der Waals surface area contributed by atoms with Crippen LogP contribution in [-0.2, 0) is 0 Å². The Morgan fingerprint density at radius 1 is 1.33 bits per heavy atom. The van der Waals surface area contributed by atoms with Gasteiger partial charge in [0.25, 0.3) is 5.56 Å². The Hall–Kier alpha value is -1.58. The number of aromatic nitrogens is 1. The predicted molar refractivity (Wildman–Crippen MR) is 68.9 cm³/mol. The molecule has 0 radical (unpaired) electrons. The van der Waals surface area contributed by atoms with E-state index in [2.05, 4.69) is 13.8 Å². The molecular formula is C14H19NO3. The number of nitrogens with zero attached hydrogens (tertiary/aromatic N) is 1. The molecule has 0 unspecified atom stereocenters. The zero-order valence-electron chi connectivity index (χ0n) is 10.8. The first kappa shape index (κ1) is 12.9. The first-order valence-electron chi connectivity index (χ1n) is 6.34. The molecule has 4 nitrogen and oxygen atoms in total. The average Bonchev–Trinajstić information content (AvgIpc) is 2.30. The van der Waals surface area contributed by atoms with Crippen molar-refractivity contribution in [2.45, 2.75) is 45.6 Å². The second-order valence-corrected chi connectivity index (χ2v) is 5.86. The molecule has 18 heavy (non-hydrogen) atoms. The molecule has 0 bridgehead atoms. The highest BCUT2D eigenvalue weighted by Crippen LogP contribution is 2.39. The summed E-state index contributed by atoms with van der Waals surface area (Å²) < 4.78 is 1.60. The minimum atomic E-state index is -0.986. The Morgan fingerprint density at radius 2 is 1.94 bits per heavy atom. The van der Waals surface area contributed by atoms with Crippen molar-refractivity contribution < 1.29 is 9.90 Å². The molecule has 0 aromatic carbocycles. The number of carbonyl (C=O) groups is 1. The quantitative estimate of drug-likeness (QED) is 0.876. The highest BCUT2D eigenvalue weighted by Gasteiger charge is 2.28. The fourth-order valence-electron chi connectivity index (χ4n) is 2.58. The van der Waals surface area contributed by atoms with E-state index in [4.69, 9.17) is 5.11 Å². The minimum absolute atomic E-state index is 0.107. The first-order chi connectivity index (χ1) is 8.39. The summed E-state index contributed by atoms with van der Waals surface area (Å²) in [5.41, 5.74) is 0.411. The van der Waals surface area contributed by atoms with Gasteiger partial charge in [0, 0.05) is 18.3 Å². The molecule has 0 aliphatic heterocycles. The van der Waals surface area contributed by atoms with Crippen molar-refractivity contribution >= 4 is 5.97 Å². The van der Waals surface area contributed by atoms with E-state index >= 15 is 0 Å². The van der Waals surface area contributed by atoms with Crippen molar-refractivity contribution in [2.24, 2.45) is 5.41 Å². The van der Waals surface area contributed by atoms with E-state index in [1.807, 2.05) is 0 Å². The topological polar surface area (TPSA) is 59.3 Å². The summed E-state index contributed by atoms with van der Waals surface area (Å²) in [6.45, 7) is 4.47. The lowest BCUT2D eigenvalue weighted by atomic mass is 9.75. The van der Waals surface area contributed by atoms with E-state index in [0.29, 0.717) is 5.41 Å². The molecule has 1 aromatic rings. The maximum atomic E-state index is 11.8. The molecule has 1 fully saturated rings. The van der Waals surface area contributed by atoms with Gasteiger partial charge in [0.2, 0.25) is 0 Å². The third-order valence-electron chi connectivity index (χ3n) is 3.89. The number of rotatable bonds is 2. The van der Waals surface area contributed by atoms with Gasteiger partial charge in [-0.1, -0.05) is 13.8 Å². The van der Waals surface area contributed by atoms with Crippen LogP contribution < -0.4 is 5.56 Å². The summed E-state index contributed by atoms with van der Waals surface area (Å²) >= 11 is 0. The highest BCUT2D eigenvalue weighted by atomic mass is 16.4. The third-order valence-corrected chi connectivity index (χ3v) is 3.89. The molecular weight excluding hydrogens is 230 g/mol. The lowest BCUT2D eigenvalue weighted by Crippen LogP contribution is -2.30. The van der Waals surface area contributed by atoms with Crippen molar-refractivity contribution in [1.29, 1.82) is 0 Å². The number of pyridine rings is 1.